The molecule has 4 rings (SSSR count). The average Bonchev–Trinajstić information content (AvgIpc) is 3.34. The standard InChI is InChI=1S/C23H20N3S/c1-2-3-5-10-20-23-25-21(17-26(23)16-15-24-20)22-14-13-19(27-22)12-11-18-8-6-4-7-9-18/h4,6-9,13-16H,2-3,5,10H2,1H3. The molecule has 133 valence electrons. The summed E-state index contributed by atoms with van der Waals surface area (Å²) in [5.41, 5.74) is 3.84. The number of unbranched alkanes of at least 4 members (excludes halogenated alkanes) is 2. The second-order valence-electron chi connectivity index (χ2n) is 6.38. The molecule has 27 heavy (non-hydrogen) atoms. The van der Waals surface area contributed by atoms with Gasteiger partial charge in [0.1, 0.15) is 11.9 Å². The molecule has 0 bridgehead atoms. The normalized spacial score (nSPS) is 10.7. The predicted octanol–water partition coefficient (Wildman–Crippen LogP) is 5.39. The van der Waals surface area contributed by atoms with Crippen LogP contribution < -0.4 is 0 Å². The van der Waals surface area contributed by atoms with Gasteiger partial charge in [0.15, 0.2) is 5.65 Å². The van der Waals surface area contributed by atoms with Crippen molar-refractivity contribution < 1.29 is 0 Å². The summed E-state index contributed by atoms with van der Waals surface area (Å²) in [6, 6.07) is 14.2. The Morgan fingerprint density at radius 3 is 2.81 bits per heavy atom. The predicted molar refractivity (Wildman–Crippen MR) is 111 cm³/mol. The van der Waals surface area contributed by atoms with Crippen LogP contribution in [0.4, 0.5) is 0 Å². The molecule has 0 aliphatic rings. The zero-order valence-corrected chi connectivity index (χ0v) is 16.1. The molecule has 0 aliphatic heterocycles. The first-order chi connectivity index (χ1) is 13.3. The van der Waals surface area contributed by atoms with Crippen molar-refractivity contribution in [2.24, 2.45) is 0 Å². The van der Waals surface area contributed by atoms with Gasteiger partial charge >= 0.3 is 0 Å². The van der Waals surface area contributed by atoms with Gasteiger partial charge in [-0.15, -0.1) is 11.3 Å². The fraction of sp³-hybridized carbons (Fsp3) is 0.217. The molecule has 1 radical (unpaired) electrons. The van der Waals surface area contributed by atoms with E-state index in [1.54, 1.807) is 11.3 Å². The Bertz CT molecular complexity index is 1100. The van der Waals surface area contributed by atoms with Crippen molar-refractivity contribution in [3.63, 3.8) is 0 Å². The minimum absolute atomic E-state index is 0.859. The van der Waals surface area contributed by atoms with E-state index in [1.807, 2.05) is 53.2 Å². The number of thiophene rings is 1. The highest BCUT2D eigenvalue weighted by molar-refractivity contribution is 7.16. The summed E-state index contributed by atoms with van der Waals surface area (Å²) < 4.78 is 1.96. The highest BCUT2D eigenvalue weighted by Gasteiger charge is 2.11. The third-order valence-corrected chi connectivity index (χ3v) is 5.34. The zero-order valence-electron chi connectivity index (χ0n) is 15.3. The van der Waals surface area contributed by atoms with Crippen LogP contribution in [0.3, 0.4) is 0 Å². The number of aromatic nitrogens is 3. The molecule has 0 saturated heterocycles. The van der Waals surface area contributed by atoms with E-state index in [4.69, 9.17) is 4.98 Å². The lowest BCUT2D eigenvalue weighted by molar-refractivity contribution is 0.707. The van der Waals surface area contributed by atoms with Crippen molar-refractivity contribution in [1.29, 1.82) is 0 Å². The van der Waals surface area contributed by atoms with Crippen LogP contribution >= 0.6 is 11.3 Å². The van der Waals surface area contributed by atoms with E-state index >= 15 is 0 Å². The lowest BCUT2D eigenvalue weighted by atomic mass is 10.1. The van der Waals surface area contributed by atoms with E-state index in [0.717, 1.165) is 45.2 Å². The molecule has 0 fully saturated rings. The van der Waals surface area contributed by atoms with Gasteiger partial charge in [0.2, 0.25) is 0 Å². The Kier molecular flexibility index (Phi) is 5.32. The third kappa shape index (κ3) is 4.10. The van der Waals surface area contributed by atoms with Crippen LogP contribution in [0.5, 0.6) is 0 Å². The van der Waals surface area contributed by atoms with E-state index in [-0.39, 0.29) is 0 Å². The quantitative estimate of drug-likeness (QED) is 0.348. The largest absolute Gasteiger partial charge is 0.295 e. The second kappa shape index (κ2) is 8.20. The second-order valence-corrected chi connectivity index (χ2v) is 7.46. The molecule has 0 unspecified atom stereocenters. The number of benzene rings is 1. The van der Waals surface area contributed by atoms with Crippen LogP contribution in [0.2, 0.25) is 0 Å². The molecule has 0 atom stereocenters. The summed E-state index contributed by atoms with van der Waals surface area (Å²) in [7, 11) is 0. The summed E-state index contributed by atoms with van der Waals surface area (Å²) in [5.74, 6) is 6.44. The topological polar surface area (TPSA) is 30.2 Å². The van der Waals surface area contributed by atoms with E-state index in [2.05, 4.69) is 36.0 Å². The molecule has 4 heteroatoms. The summed E-state index contributed by atoms with van der Waals surface area (Å²) in [6.45, 7) is 2.21. The van der Waals surface area contributed by atoms with Gasteiger partial charge < -0.3 is 0 Å². The van der Waals surface area contributed by atoms with Crippen LogP contribution in [-0.4, -0.2) is 14.4 Å². The van der Waals surface area contributed by atoms with Gasteiger partial charge in [0.25, 0.3) is 0 Å². The van der Waals surface area contributed by atoms with E-state index < -0.39 is 0 Å². The Labute approximate surface area is 163 Å². The molecule has 0 saturated carbocycles. The number of aryl methyl sites for hydroxylation is 1. The SMILES string of the molecule is CCCCCc1nccn2[c]c(-c3ccc(C#Cc4ccccc4)s3)nc12. The molecular formula is C23H20N3S. The van der Waals surface area contributed by atoms with Gasteiger partial charge in [0.05, 0.1) is 15.4 Å². The summed E-state index contributed by atoms with van der Waals surface area (Å²) in [4.78, 5) is 11.4. The van der Waals surface area contributed by atoms with Gasteiger partial charge in [-0.3, -0.25) is 9.38 Å². The molecule has 4 aromatic rings. The van der Waals surface area contributed by atoms with Crippen molar-refractivity contribution in [2.45, 2.75) is 32.6 Å². The highest BCUT2D eigenvalue weighted by Crippen LogP contribution is 2.27. The molecular weight excluding hydrogens is 350 g/mol. The van der Waals surface area contributed by atoms with Crippen LogP contribution in [0.25, 0.3) is 16.2 Å². The zero-order chi connectivity index (χ0) is 18.5. The van der Waals surface area contributed by atoms with Gasteiger partial charge in [-0.05, 0) is 37.1 Å². The Hall–Kier alpha value is -2.90. The van der Waals surface area contributed by atoms with Gasteiger partial charge in [-0.1, -0.05) is 49.8 Å². The maximum absolute atomic E-state index is 4.80. The van der Waals surface area contributed by atoms with Crippen LogP contribution in [-0.2, 0) is 6.42 Å². The van der Waals surface area contributed by atoms with Gasteiger partial charge in [-0.2, -0.15) is 0 Å². The molecule has 3 nitrogen and oxygen atoms in total. The number of rotatable bonds is 5. The van der Waals surface area contributed by atoms with Crippen molar-refractivity contribution >= 4 is 17.0 Å². The maximum Gasteiger partial charge on any atom is 0.159 e. The molecule has 0 N–H and O–H groups in total. The number of hydrogen-bond donors (Lipinski definition) is 0. The summed E-state index contributed by atoms with van der Waals surface area (Å²) in [5, 5.41) is 0. The van der Waals surface area contributed by atoms with Crippen molar-refractivity contribution in [2.75, 3.05) is 0 Å². The third-order valence-electron chi connectivity index (χ3n) is 4.34. The molecule has 3 aromatic heterocycles. The fourth-order valence-electron chi connectivity index (χ4n) is 2.93. The number of nitrogens with zero attached hydrogens (tertiary/aromatic N) is 3. The number of hydrogen-bond acceptors (Lipinski definition) is 3. The number of imidazole rings is 1. The summed E-state index contributed by atoms with van der Waals surface area (Å²) >= 11 is 1.65. The molecule has 0 aliphatic carbocycles. The first kappa shape index (κ1) is 17.5. The van der Waals surface area contributed by atoms with Crippen molar-refractivity contribution in [3.8, 4) is 22.4 Å². The van der Waals surface area contributed by atoms with Gasteiger partial charge in [-0.25, -0.2) is 4.98 Å². The Morgan fingerprint density at radius 1 is 1.07 bits per heavy atom. The number of fused-ring (bicyclic) bond motifs is 1. The molecule has 1 aromatic carbocycles. The Balaban J connectivity index is 1.59. The van der Waals surface area contributed by atoms with Crippen LogP contribution in [0.15, 0.2) is 54.9 Å². The van der Waals surface area contributed by atoms with E-state index in [1.165, 1.54) is 12.8 Å². The lowest BCUT2D eigenvalue weighted by Gasteiger charge is -2.01. The fourth-order valence-corrected chi connectivity index (χ4v) is 3.73. The Morgan fingerprint density at radius 2 is 1.96 bits per heavy atom. The average molecular weight is 371 g/mol. The van der Waals surface area contributed by atoms with E-state index in [9.17, 15) is 0 Å². The lowest BCUT2D eigenvalue weighted by Crippen LogP contribution is -1.96. The van der Waals surface area contributed by atoms with Crippen LogP contribution in [0.1, 0.15) is 42.3 Å². The minimum atomic E-state index is 0.859. The highest BCUT2D eigenvalue weighted by atomic mass is 32.1. The van der Waals surface area contributed by atoms with Crippen molar-refractivity contribution in [1.82, 2.24) is 14.4 Å². The molecule has 0 spiro atoms. The monoisotopic (exact) mass is 370 g/mol. The van der Waals surface area contributed by atoms with Gasteiger partial charge in [0, 0.05) is 18.0 Å². The first-order valence-electron chi connectivity index (χ1n) is 9.26. The summed E-state index contributed by atoms with van der Waals surface area (Å²) in [6.07, 6.45) is 11.6. The molecule has 3 heterocycles. The van der Waals surface area contributed by atoms with Crippen molar-refractivity contribution in [3.05, 3.63) is 77.2 Å². The minimum Gasteiger partial charge on any atom is -0.295 e. The van der Waals surface area contributed by atoms with Crippen LogP contribution in [0, 0.1) is 18.0 Å². The molecule has 0 amide bonds. The smallest absolute Gasteiger partial charge is 0.159 e. The first-order valence-corrected chi connectivity index (χ1v) is 10.1. The maximum atomic E-state index is 4.80. The van der Waals surface area contributed by atoms with E-state index in [0.29, 0.717) is 0 Å².